The Morgan fingerprint density at radius 2 is 2.37 bits per heavy atom. The summed E-state index contributed by atoms with van der Waals surface area (Å²) in [6.45, 7) is 0.851. The highest BCUT2D eigenvalue weighted by atomic mass is 79.9. The van der Waals surface area contributed by atoms with Gasteiger partial charge in [0.25, 0.3) is 0 Å². The van der Waals surface area contributed by atoms with Crippen molar-refractivity contribution in [2.45, 2.75) is 30.9 Å². The first-order chi connectivity index (χ1) is 9.17. The first-order valence-corrected chi connectivity index (χ1v) is 8.93. The molecule has 2 unspecified atom stereocenters. The van der Waals surface area contributed by atoms with Crippen LogP contribution in [0.2, 0.25) is 5.02 Å². The van der Waals surface area contributed by atoms with Gasteiger partial charge in [-0.15, -0.1) is 0 Å². The molecule has 0 saturated carbocycles. The van der Waals surface area contributed by atoms with E-state index in [0.717, 1.165) is 40.4 Å². The first-order valence-electron chi connectivity index (χ1n) is 6.60. The minimum Gasteiger partial charge on any atom is -0.381 e. The molecule has 0 aliphatic carbocycles. The summed E-state index contributed by atoms with van der Waals surface area (Å²) < 4.78 is 7.10. The van der Waals surface area contributed by atoms with Gasteiger partial charge in [-0.2, -0.15) is 11.8 Å². The number of halogens is 2. The molecular weight excluding hydrogens is 346 g/mol. The molecule has 1 spiro atoms. The second-order valence-electron chi connectivity index (χ2n) is 5.29. The second-order valence-corrected chi connectivity index (χ2v) is 7.72. The van der Waals surface area contributed by atoms with Gasteiger partial charge in [0.1, 0.15) is 0 Å². The van der Waals surface area contributed by atoms with Gasteiger partial charge in [0.2, 0.25) is 0 Å². The van der Waals surface area contributed by atoms with Gasteiger partial charge >= 0.3 is 0 Å². The van der Waals surface area contributed by atoms with Crippen molar-refractivity contribution in [3.8, 4) is 0 Å². The summed E-state index contributed by atoms with van der Waals surface area (Å²) >= 11 is 11.7. The molecule has 2 saturated heterocycles. The Bertz CT molecular complexity index is 465. The van der Waals surface area contributed by atoms with Crippen molar-refractivity contribution in [2.24, 2.45) is 0 Å². The molecule has 2 nitrogen and oxygen atoms in total. The van der Waals surface area contributed by atoms with E-state index in [-0.39, 0.29) is 5.60 Å². The number of anilines is 1. The predicted octanol–water partition coefficient (Wildman–Crippen LogP) is 4.57. The highest BCUT2D eigenvalue weighted by Gasteiger charge is 2.40. The van der Waals surface area contributed by atoms with E-state index >= 15 is 0 Å². The third kappa shape index (κ3) is 3.23. The zero-order chi connectivity index (χ0) is 13.3. The molecule has 0 bridgehead atoms. The Morgan fingerprint density at radius 3 is 3.16 bits per heavy atom. The maximum absolute atomic E-state index is 6.25. The molecule has 3 rings (SSSR count). The zero-order valence-corrected chi connectivity index (χ0v) is 13.8. The van der Waals surface area contributed by atoms with Crippen LogP contribution in [0.25, 0.3) is 0 Å². The van der Waals surface area contributed by atoms with Gasteiger partial charge < -0.3 is 10.1 Å². The molecule has 19 heavy (non-hydrogen) atoms. The summed E-state index contributed by atoms with van der Waals surface area (Å²) in [7, 11) is 0. The third-order valence-corrected chi connectivity index (χ3v) is 5.89. The Kier molecular flexibility index (Phi) is 4.32. The van der Waals surface area contributed by atoms with Gasteiger partial charge in [-0.3, -0.25) is 0 Å². The van der Waals surface area contributed by atoms with Crippen LogP contribution in [0.15, 0.2) is 22.7 Å². The minimum atomic E-state index is 0.110. The van der Waals surface area contributed by atoms with Crippen LogP contribution in [0.5, 0.6) is 0 Å². The lowest BCUT2D eigenvalue weighted by Crippen LogP contribution is -2.44. The number of nitrogens with one attached hydrogen (secondary N) is 1. The van der Waals surface area contributed by atoms with E-state index in [9.17, 15) is 0 Å². The fourth-order valence-corrected chi connectivity index (χ4v) is 4.75. The lowest BCUT2D eigenvalue weighted by atomic mass is 9.90. The molecule has 1 aromatic rings. The number of ether oxygens (including phenoxy) is 1. The van der Waals surface area contributed by atoms with Gasteiger partial charge in [-0.1, -0.05) is 27.5 Å². The van der Waals surface area contributed by atoms with Crippen molar-refractivity contribution >= 4 is 45.0 Å². The molecule has 2 aliphatic heterocycles. The smallest absolute Gasteiger partial charge is 0.0799 e. The highest BCUT2D eigenvalue weighted by Crippen LogP contribution is 2.39. The number of thioether (sulfide) groups is 1. The minimum absolute atomic E-state index is 0.110. The van der Waals surface area contributed by atoms with Crippen molar-refractivity contribution in [3.63, 3.8) is 0 Å². The fraction of sp³-hybridized carbons (Fsp3) is 0.571. The molecule has 1 N–H and O–H groups in total. The van der Waals surface area contributed by atoms with Crippen molar-refractivity contribution < 1.29 is 4.74 Å². The summed E-state index contributed by atoms with van der Waals surface area (Å²) in [5.41, 5.74) is 1.13. The summed E-state index contributed by atoms with van der Waals surface area (Å²) in [5.74, 6) is 2.36. The standard InChI is InChI=1S/C14H17BrClNOS/c15-10-1-2-12(16)13(7-10)17-11-3-5-18-14(8-11)4-6-19-9-14/h1-2,7,11,17H,3-6,8-9H2. The van der Waals surface area contributed by atoms with E-state index in [1.807, 2.05) is 30.0 Å². The fourth-order valence-electron chi connectivity index (χ4n) is 2.84. The number of hydrogen-bond acceptors (Lipinski definition) is 3. The average molecular weight is 363 g/mol. The lowest BCUT2D eigenvalue weighted by Gasteiger charge is -2.38. The molecule has 1 aromatic carbocycles. The lowest BCUT2D eigenvalue weighted by molar-refractivity contribution is -0.0628. The maximum Gasteiger partial charge on any atom is 0.0799 e. The molecule has 2 atom stereocenters. The van der Waals surface area contributed by atoms with Gasteiger partial charge in [0, 0.05) is 22.9 Å². The van der Waals surface area contributed by atoms with Crippen LogP contribution in [0, 0.1) is 0 Å². The molecule has 5 heteroatoms. The quantitative estimate of drug-likeness (QED) is 0.832. The topological polar surface area (TPSA) is 21.3 Å². The van der Waals surface area contributed by atoms with Crippen molar-refractivity contribution in [1.29, 1.82) is 0 Å². The van der Waals surface area contributed by atoms with Gasteiger partial charge in [-0.25, -0.2) is 0 Å². The Hall–Kier alpha value is 0.1000. The predicted molar refractivity (Wildman–Crippen MR) is 86.4 cm³/mol. The van der Waals surface area contributed by atoms with E-state index in [2.05, 4.69) is 21.2 Å². The monoisotopic (exact) mass is 361 g/mol. The molecule has 2 fully saturated rings. The number of hydrogen-bond donors (Lipinski definition) is 1. The summed E-state index contributed by atoms with van der Waals surface area (Å²) in [4.78, 5) is 0. The SMILES string of the molecule is Clc1ccc(Br)cc1NC1CCOC2(CCSC2)C1. The Morgan fingerprint density at radius 1 is 1.47 bits per heavy atom. The summed E-state index contributed by atoms with van der Waals surface area (Å²) in [5, 5.41) is 4.37. The van der Waals surface area contributed by atoms with Gasteiger partial charge in [-0.05, 0) is 43.2 Å². The van der Waals surface area contributed by atoms with E-state index in [0.29, 0.717) is 6.04 Å². The maximum atomic E-state index is 6.25. The number of rotatable bonds is 2. The zero-order valence-electron chi connectivity index (χ0n) is 10.6. The van der Waals surface area contributed by atoms with Crippen LogP contribution in [-0.2, 0) is 4.74 Å². The average Bonchev–Trinajstić information content (AvgIpc) is 2.82. The van der Waals surface area contributed by atoms with Gasteiger partial charge in [0.05, 0.1) is 16.3 Å². The van der Waals surface area contributed by atoms with Crippen LogP contribution < -0.4 is 5.32 Å². The second kappa shape index (κ2) is 5.84. The highest BCUT2D eigenvalue weighted by molar-refractivity contribution is 9.10. The molecule has 2 aliphatic rings. The Labute approximate surface area is 131 Å². The van der Waals surface area contributed by atoms with Crippen molar-refractivity contribution in [3.05, 3.63) is 27.7 Å². The first kappa shape index (κ1) is 14.1. The molecule has 0 radical (unpaired) electrons. The Balaban J connectivity index is 1.70. The molecule has 2 heterocycles. The summed E-state index contributed by atoms with van der Waals surface area (Å²) in [6, 6.07) is 6.40. The van der Waals surface area contributed by atoms with Crippen LogP contribution in [0.4, 0.5) is 5.69 Å². The van der Waals surface area contributed by atoms with Crippen molar-refractivity contribution in [1.82, 2.24) is 0 Å². The summed E-state index contributed by atoms with van der Waals surface area (Å²) in [6.07, 6.45) is 3.32. The van der Waals surface area contributed by atoms with E-state index in [1.54, 1.807) is 0 Å². The van der Waals surface area contributed by atoms with E-state index in [4.69, 9.17) is 16.3 Å². The molecular formula is C14H17BrClNOS. The van der Waals surface area contributed by atoms with Gasteiger partial charge in [0.15, 0.2) is 0 Å². The van der Waals surface area contributed by atoms with Crippen LogP contribution in [0.3, 0.4) is 0 Å². The largest absolute Gasteiger partial charge is 0.381 e. The number of benzene rings is 1. The van der Waals surface area contributed by atoms with Crippen LogP contribution in [-0.4, -0.2) is 29.8 Å². The molecule has 0 aromatic heterocycles. The van der Waals surface area contributed by atoms with Crippen molar-refractivity contribution in [2.75, 3.05) is 23.4 Å². The molecule has 104 valence electrons. The van der Waals surface area contributed by atoms with Crippen LogP contribution in [0.1, 0.15) is 19.3 Å². The van der Waals surface area contributed by atoms with Crippen LogP contribution >= 0.6 is 39.3 Å². The normalized spacial score (nSPS) is 30.7. The third-order valence-electron chi connectivity index (χ3n) is 3.85. The molecule has 0 amide bonds. The van der Waals surface area contributed by atoms with E-state index in [1.165, 1.54) is 12.2 Å². The van der Waals surface area contributed by atoms with E-state index < -0.39 is 0 Å².